The molecule has 0 radical (unpaired) electrons. The Morgan fingerprint density at radius 2 is 2.31 bits per heavy atom. The number of amides is 1. The number of hydrogen-bond donors (Lipinski definition) is 1. The van der Waals surface area contributed by atoms with Gasteiger partial charge in [0.25, 0.3) is 5.91 Å². The molecule has 1 aromatic rings. The van der Waals surface area contributed by atoms with Gasteiger partial charge in [0.05, 0.1) is 17.7 Å². The van der Waals surface area contributed by atoms with Crippen molar-refractivity contribution in [2.75, 3.05) is 7.11 Å². The van der Waals surface area contributed by atoms with Gasteiger partial charge in [-0.15, -0.1) is 0 Å². The fourth-order valence-corrected chi connectivity index (χ4v) is 1.04. The molecule has 0 fully saturated rings. The molecular weight excluding hydrogens is 197 g/mol. The molecule has 0 aromatic heterocycles. The predicted octanol–water partition coefficient (Wildman–Crippen LogP) is 1.77. The number of carbonyl (C=O) groups is 1. The summed E-state index contributed by atoms with van der Waals surface area (Å²) in [7, 11) is 1.28. The van der Waals surface area contributed by atoms with Crippen LogP contribution in [0.1, 0.15) is 10.4 Å². The van der Waals surface area contributed by atoms with Crippen molar-refractivity contribution in [2.24, 2.45) is 0 Å². The van der Waals surface area contributed by atoms with Crippen LogP contribution < -0.4 is 5.48 Å². The summed E-state index contributed by atoms with van der Waals surface area (Å²) in [4.78, 5) is 15.5. The molecule has 70 valence electrons. The number of hydrogen-bond acceptors (Lipinski definition) is 2. The minimum absolute atomic E-state index is 0.0449. The van der Waals surface area contributed by atoms with Crippen molar-refractivity contribution in [3.8, 4) is 0 Å². The summed E-state index contributed by atoms with van der Waals surface area (Å²) in [5, 5.41) is -0.211. The van der Waals surface area contributed by atoms with Crippen molar-refractivity contribution >= 4 is 17.5 Å². The van der Waals surface area contributed by atoms with Gasteiger partial charge in [-0.05, 0) is 12.1 Å². The van der Waals surface area contributed by atoms with Gasteiger partial charge < -0.3 is 0 Å². The fourth-order valence-electron chi connectivity index (χ4n) is 0.827. The normalized spacial score (nSPS) is 9.77. The summed E-state index contributed by atoms with van der Waals surface area (Å²) in [6.07, 6.45) is 0. The Hall–Kier alpha value is -1.13. The van der Waals surface area contributed by atoms with E-state index in [0.717, 1.165) is 0 Å². The Balaban J connectivity index is 3.01. The summed E-state index contributed by atoms with van der Waals surface area (Å²) >= 11 is 5.53. The Bertz CT molecular complexity index is 330. The van der Waals surface area contributed by atoms with E-state index in [0.29, 0.717) is 0 Å². The first kappa shape index (κ1) is 9.95. The summed E-state index contributed by atoms with van der Waals surface area (Å²) in [5.41, 5.74) is 2.08. The van der Waals surface area contributed by atoms with E-state index in [2.05, 4.69) is 4.84 Å². The van der Waals surface area contributed by atoms with Crippen LogP contribution in [0.5, 0.6) is 0 Å². The Labute approximate surface area is 79.4 Å². The van der Waals surface area contributed by atoms with Crippen molar-refractivity contribution in [1.29, 1.82) is 0 Å². The van der Waals surface area contributed by atoms with E-state index >= 15 is 0 Å². The maximum Gasteiger partial charge on any atom is 0.276 e. The van der Waals surface area contributed by atoms with Crippen LogP contribution in [0.25, 0.3) is 0 Å². The van der Waals surface area contributed by atoms with Gasteiger partial charge in [-0.2, -0.15) is 0 Å². The third-order valence-corrected chi connectivity index (χ3v) is 1.78. The number of halogens is 2. The number of nitrogens with one attached hydrogen (secondary N) is 1. The molecule has 0 aliphatic carbocycles. The zero-order chi connectivity index (χ0) is 9.84. The maximum absolute atomic E-state index is 12.8. The molecule has 1 aromatic carbocycles. The molecule has 1 N–H and O–H groups in total. The van der Waals surface area contributed by atoms with Gasteiger partial charge >= 0.3 is 0 Å². The maximum atomic E-state index is 12.8. The Kier molecular flexibility index (Phi) is 3.22. The van der Waals surface area contributed by atoms with E-state index in [1.165, 1.54) is 25.3 Å². The summed E-state index contributed by atoms with van der Waals surface area (Å²) in [6, 6.07) is 3.97. The first-order valence-electron chi connectivity index (χ1n) is 3.44. The average molecular weight is 204 g/mol. The van der Waals surface area contributed by atoms with Crippen molar-refractivity contribution < 1.29 is 14.0 Å². The summed E-state index contributed by atoms with van der Waals surface area (Å²) < 4.78 is 12.8. The molecule has 5 heteroatoms. The highest BCUT2D eigenvalue weighted by Crippen LogP contribution is 2.19. The van der Waals surface area contributed by atoms with Crippen molar-refractivity contribution in [3.05, 3.63) is 34.6 Å². The average Bonchev–Trinajstić information content (AvgIpc) is 2.10. The molecule has 13 heavy (non-hydrogen) atoms. The highest BCUT2D eigenvalue weighted by Gasteiger charge is 2.12. The van der Waals surface area contributed by atoms with Crippen LogP contribution in [-0.4, -0.2) is 13.0 Å². The molecule has 0 heterocycles. The second-order valence-corrected chi connectivity index (χ2v) is 2.61. The first-order valence-corrected chi connectivity index (χ1v) is 3.82. The molecule has 0 bridgehead atoms. The minimum atomic E-state index is -0.634. The number of benzene rings is 1. The SMILES string of the molecule is CONC(=O)c1cccc(F)c1Cl. The summed E-state index contributed by atoms with van der Waals surface area (Å²) in [5.74, 6) is -1.21. The molecule has 1 amide bonds. The van der Waals surface area contributed by atoms with E-state index in [-0.39, 0.29) is 10.6 Å². The van der Waals surface area contributed by atoms with Crippen LogP contribution >= 0.6 is 11.6 Å². The van der Waals surface area contributed by atoms with E-state index in [4.69, 9.17) is 11.6 Å². The number of hydroxylamine groups is 1. The summed E-state index contributed by atoms with van der Waals surface area (Å²) in [6.45, 7) is 0. The molecular formula is C8H7ClFNO2. The lowest BCUT2D eigenvalue weighted by Crippen LogP contribution is -2.22. The van der Waals surface area contributed by atoms with Gasteiger partial charge in [-0.1, -0.05) is 17.7 Å². The molecule has 0 spiro atoms. The number of rotatable bonds is 2. The highest BCUT2D eigenvalue weighted by atomic mass is 35.5. The molecule has 0 saturated carbocycles. The van der Waals surface area contributed by atoms with Gasteiger partial charge in [-0.3, -0.25) is 9.63 Å². The number of carbonyl (C=O) groups excluding carboxylic acids is 1. The van der Waals surface area contributed by atoms with Gasteiger partial charge in [0.2, 0.25) is 0 Å². The molecule has 0 atom stereocenters. The van der Waals surface area contributed by atoms with Gasteiger partial charge in [0, 0.05) is 0 Å². The zero-order valence-corrected chi connectivity index (χ0v) is 7.56. The lowest BCUT2D eigenvalue weighted by molar-refractivity contribution is 0.0537. The molecule has 0 aliphatic heterocycles. The Morgan fingerprint density at radius 1 is 1.62 bits per heavy atom. The van der Waals surface area contributed by atoms with Crippen molar-refractivity contribution in [2.45, 2.75) is 0 Å². The molecule has 1 rings (SSSR count). The molecule has 0 saturated heterocycles. The predicted molar refractivity (Wildman–Crippen MR) is 45.9 cm³/mol. The highest BCUT2D eigenvalue weighted by molar-refractivity contribution is 6.33. The van der Waals surface area contributed by atoms with Crippen LogP contribution in [0.3, 0.4) is 0 Å². The lowest BCUT2D eigenvalue weighted by atomic mass is 10.2. The third-order valence-electron chi connectivity index (χ3n) is 1.39. The minimum Gasteiger partial charge on any atom is -0.277 e. The van der Waals surface area contributed by atoms with Crippen LogP contribution in [0.15, 0.2) is 18.2 Å². The third kappa shape index (κ3) is 2.17. The van der Waals surface area contributed by atoms with Gasteiger partial charge in [0.1, 0.15) is 5.82 Å². The van der Waals surface area contributed by atoms with Crippen LogP contribution in [0.2, 0.25) is 5.02 Å². The molecule has 0 unspecified atom stereocenters. The van der Waals surface area contributed by atoms with Crippen molar-refractivity contribution in [3.63, 3.8) is 0 Å². The van der Waals surface area contributed by atoms with E-state index in [1.807, 2.05) is 5.48 Å². The van der Waals surface area contributed by atoms with E-state index in [9.17, 15) is 9.18 Å². The smallest absolute Gasteiger partial charge is 0.276 e. The van der Waals surface area contributed by atoms with Crippen LogP contribution in [-0.2, 0) is 4.84 Å². The standard InChI is InChI=1S/C8H7ClFNO2/c1-13-11-8(12)5-3-2-4-6(10)7(5)9/h2-4H,1H3,(H,11,12). The second-order valence-electron chi connectivity index (χ2n) is 2.24. The zero-order valence-electron chi connectivity index (χ0n) is 6.80. The van der Waals surface area contributed by atoms with Gasteiger partial charge in [-0.25, -0.2) is 9.87 Å². The van der Waals surface area contributed by atoms with E-state index in [1.54, 1.807) is 0 Å². The quantitative estimate of drug-likeness (QED) is 0.744. The monoisotopic (exact) mass is 203 g/mol. The van der Waals surface area contributed by atoms with E-state index < -0.39 is 11.7 Å². The first-order chi connectivity index (χ1) is 6.16. The second kappa shape index (κ2) is 4.20. The van der Waals surface area contributed by atoms with Gasteiger partial charge in [0.15, 0.2) is 0 Å². The Morgan fingerprint density at radius 3 is 2.92 bits per heavy atom. The molecule has 0 aliphatic rings. The van der Waals surface area contributed by atoms with Crippen LogP contribution in [0, 0.1) is 5.82 Å². The van der Waals surface area contributed by atoms with Crippen molar-refractivity contribution in [1.82, 2.24) is 5.48 Å². The lowest BCUT2D eigenvalue weighted by Gasteiger charge is -2.03. The van der Waals surface area contributed by atoms with Crippen LogP contribution in [0.4, 0.5) is 4.39 Å². The molecule has 3 nitrogen and oxygen atoms in total. The largest absolute Gasteiger partial charge is 0.277 e. The topological polar surface area (TPSA) is 38.3 Å². The fraction of sp³-hybridized carbons (Fsp3) is 0.125.